The number of hydrogen-bond donors (Lipinski definition) is 0. The van der Waals surface area contributed by atoms with Crippen LogP contribution in [0, 0.1) is 5.41 Å². The van der Waals surface area contributed by atoms with Crippen molar-refractivity contribution in [2.75, 3.05) is 26.3 Å². The minimum absolute atomic E-state index is 0.0233. The summed E-state index contributed by atoms with van der Waals surface area (Å²) in [5.41, 5.74) is -2.16. The van der Waals surface area contributed by atoms with E-state index in [9.17, 15) is 39.6 Å². The number of hydrogen-bond acceptors (Lipinski definition) is 3. The molecule has 0 N–H and O–H groups in total. The molecule has 0 bridgehead atoms. The van der Waals surface area contributed by atoms with Crippen molar-refractivity contribution in [3.05, 3.63) is 29.8 Å². The third kappa shape index (κ3) is 3.83. The first-order valence-corrected chi connectivity index (χ1v) is 10.2. The number of amides is 1. The largest absolute Gasteiger partial charge is 0.416 e. The molecule has 0 saturated carbocycles. The molecule has 2 heterocycles. The van der Waals surface area contributed by atoms with Gasteiger partial charge in [0.2, 0.25) is 15.9 Å². The van der Waals surface area contributed by atoms with Crippen molar-refractivity contribution in [1.29, 1.82) is 0 Å². The summed E-state index contributed by atoms with van der Waals surface area (Å²) >= 11 is 0. The first-order chi connectivity index (χ1) is 13.3. The van der Waals surface area contributed by atoms with E-state index in [0.29, 0.717) is 12.1 Å². The number of piperidine rings is 1. The lowest BCUT2D eigenvalue weighted by molar-refractivity contribution is -0.178. The van der Waals surface area contributed by atoms with Crippen LogP contribution < -0.4 is 0 Å². The molecule has 0 aliphatic carbocycles. The van der Waals surface area contributed by atoms with Gasteiger partial charge < -0.3 is 0 Å². The Morgan fingerprint density at radius 3 is 1.93 bits per heavy atom. The fraction of sp³-hybridized carbons (Fsp3) is 0.588. The second-order valence-corrected chi connectivity index (χ2v) is 9.15. The fourth-order valence-electron chi connectivity index (χ4n) is 3.79. The van der Waals surface area contributed by atoms with Crippen LogP contribution in [0.15, 0.2) is 29.2 Å². The van der Waals surface area contributed by atoms with Crippen LogP contribution in [0.25, 0.3) is 0 Å². The number of likely N-dealkylation sites (tertiary alicyclic amines) is 1. The number of nitrogens with zero attached hydrogens (tertiary/aromatic N) is 2. The molecule has 1 aromatic carbocycles. The van der Waals surface area contributed by atoms with E-state index in [2.05, 4.69) is 0 Å². The van der Waals surface area contributed by atoms with Crippen molar-refractivity contribution < 1.29 is 39.6 Å². The van der Waals surface area contributed by atoms with Crippen LogP contribution in [0.3, 0.4) is 0 Å². The van der Waals surface area contributed by atoms with Gasteiger partial charge >= 0.3 is 12.2 Å². The molecule has 2 fully saturated rings. The van der Waals surface area contributed by atoms with Crippen LogP contribution >= 0.6 is 0 Å². The molecule has 1 aromatic rings. The van der Waals surface area contributed by atoms with E-state index in [4.69, 9.17) is 0 Å². The van der Waals surface area contributed by atoms with Crippen LogP contribution in [0.2, 0.25) is 0 Å². The lowest BCUT2D eigenvalue weighted by Gasteiger charge is -2.37. The molecule has 2 saturated heterocycles. The Hall–Kier alpha value is -1.82. The lowest BCUT2D eigenvalue weighted by atomic mass is 9.77. The monoisotopic (exact) mass is 444 g/mol. The van der Waals surface area contributed by atoms with E-state index < -0.39 is 45.8 Å². The molecule has 1 amide bonds. The van der Waals surface area contributed by atoms with Gasteiger partial charge in [0.15, 0.2) is 6.67 Å². The van der Waals surface area contributed by atoms with Gasteiger partial charge in [0.1, 0.15) is 0 Å². The van der Waals surface area contributed by atoms with Gasteiger partial charge in [-0.05, 0) is 43.5 Å². The number of halogens is 6. The van der Waals surface area contributed by atoms with Crippen LogP contribution in [-0.2, 0) is 21.0 Å². The van der Waals surface area contributed by atoms with Gasteiger partial charge in [0, 0.05) is 19.6 Å². The zero-order chi connectivity index (χ0) is 21.7. The lowest BCUT2D eigenvalue weighted by Crippen LogP contribution is -2.50. The summed E-state index contributed by atoms with van der Waals surface area (Å²) in [6, 6.07) is -0.866. The third-order valence-corrected chi connectivity index (χ3v) is 7.48. The number of rotatable bonds is 4. The Kier molecular flexibility index (Phi) is 5.39. The van der Waals surface area contributed by atoms with Crippen molar-refractivity contribution in [3.63, 3.8) is 0 Å². The molecule has 5 nitrogen and oxygen atoms in total. The summed E-state index contributed by atoms with van der Waals surface area (Å²) in [7, 11) is -4.10. The van der Waals surface area contributed by atoms with Gasteiger partial charge in [-0.3, -0.25) is 9.69 Å². The molecule has 1 spiro atoms. The van der Waals surface area contributed by atoms with E-state index in [1.165, 1.54) is 0 Å². The van der Waals surface area contributed by atoms with Crippen LogP contribution in [-0.4, -0.2) is 55.9 Å². The van der Waals surface area contributed by atoms with Crippen molar-refractivity contribution >= 4 is 15.9 Å². The predicted octanol–water partition coefficient (Wildman–Crippen LogP) is 3.27. The molecule has 0 unspecified atom stereocenters. The quantitative estimate of drug-likeness (QED) is 0.529. The topological polar surface area (TPSA) is 57.7 Å². The molecule has 0 aromatic heterocycles. The summed E-state index contributed by atoms with van der Waals surface area (Å²) in [5.74, 6) is -0.897. The number of sulfonamides is 1. The fourth-order valence-corrected chi connectivity index (χ4v) is 5.23. The predicted molar refractivity (Wildman–Crippen MR) is 89.1 cm³/mol. The van der Waals surface area contributed by atoms with Gasteiger partial charge in [-0.15, -0.1) is 0 Å². The summed E-state index contributed by atoms with van der Waals surface area (Å²) in [6.45, 7) is -2.61. The molecule has 0 atom stereocenters. The molecular weight excluding hydrogens is 426 g/mol. The van der Waals surface area contributed by atoms with Crippen LogP contribution in [0.1, 0.15) is 24.8 Å². The summed E-state index contributed by atoms with van der Waals surface area (Å²) < 4.78 is 104. The van der Waals surface area contributed by atoms with Crippen molar-refractivity contribution in [1.82, 2.24) is 9.21 Å². The second-order valence-electron chi connectivity index (χ2n) is 7.21. The first-order valence-electron chi connectivity index (χ1n) is 8.77. The SMILES string of the molecule is O=C1N(C(F)(F)CF)CCC12CCN(S(=O)(=O)c1ccc(C(F)(F)F)cc1)CC2. The molecule has 3 rings (SSSR count). The molecule has 12 heteroatoms. The third-order valence-electron chi connectivity index (χ3n) is 5.57. The number of alkyl halides is 6. The highest BCUT2D eigenvalue weighted by molar-refractivity contribution is 7.89. The van der Waals surface area contributed by atoms with Crippen LogP contribution in [0.5, 0.6) is 0 Å². The highest BCUT2D eigenvalue weighted by Crippen LogP contribution is 2.45. The van der Waals surface area contributed by atoms with E-state index in [1.54, 1.807) is 0 Å². The van der Waals surface area contributed by atoms with Gasteiger partial charge in [0.05, 0.1) is 15.9 Å². The Bertz CT molecular complexity index is 877. The number of benzene rings is 1. The number of carbonyl (C=O) groups excluding carboxylic acids is 1. The van der Waals surface area contributed by atoms with Crippen molar-refractivity contribution in [3.8, 4) is 0 Å². The zero-order valence-electron chi connectivity index (χ0n) is 15.1. The molecule has 0 radical (unpaired) electrons. The average Bonchev–Trinajstić information content (AvgIpc) is 2.98. The highest BCUT2D eigenvalue weighted by Gasteiger charge is 2.55. The van der Waals surface area contributed by atoms with E-state index in [0.717, 1.165) is 16.4 Å². The Morgan fingerprint density at radius 2 is 1.45 bits per heavy atom. The van der Waals surface area contributed by atoms with E-state index >= 15 is 0 Å². The Morgan fingerprint density at radius 1 is 0.931 bits per heavy atom. The summed E-state index contributed by atoms with van der Waals surface area (Å²) in [5, 5.41) is 0. The molecule has 162 valence electrons. The van der Waals surface area contributed by atoms with Gasteiger partial charge in [-0.2, -0.15) is 26.3 Å². The minimum atomic E-state index is -4.60. The normalized spacial score (nSPS) is 21.2. The van der Waals surface area contributed by atoms with Crippen LogP contribution in [0.4, 0.5) is 26.3 Å². The zero-order valence-corrected chi connectivity index (χ0v) is 15.9. The first kappa shape index (κ1) is 21.9. The summed E-state index contributed by atoms with van der Waals surface area (Å²) in [4.78, 5) is 12.3. The Labute approximate surface area is 163 Å². The summed E-state index contributed by atoms with van der Waals surface area (Å²) in [6.07, 6.45) is -4.58. The maximum atomic E-state index is 13.6. The maximum Gasteiger partial charge on any atom is 0.416 e. The standard InChI is InChI=1S/C17H18F6N2O3S/c18-11-16(19,20)25-10-7-15(14(25)26)5-8-24(9-6-15)29(27,28)13-3-1-12(2-4-13)17(21,22)23/h1-4H,5-11H2. The highest BCUT2D eigenvalue weighted by atomic mass is 32.2. The number of carbonyl (C=O) groups is 1. The average molecular weight is 444 g/mol. The maximum absolute atomic E-state index is 13.6. The van der Waals surface area contributed by atoms with E-state index in [-0.39, 0.29) is 48.7 Å². The van der Waals surface area contributed by atoms with Gasteiger partial charge in [-0.25, -0.2) is 12.8 Å². The Balaban J connectivity index is 1.73. The molecule has 2 aliphatic heterocycles. The van der Waals surface area contributed by atoms with Gasteiger partial charge in [0.25, 0.3) is 0 Å². The molecule has 2 aliphatic rings. The van der Waals surface area contributed by atoms with E-state index in [1.807, 2.05) is 0 Å². The molecular formula is C17H18F6N2O3S. The molecule has 29 heavy (non-hydrogen) atoms. The van der Waals surface area contributed by atoms with Crippen molar-refractivity contribution in [2.24, 2.45) is 5.41 Å². The smallest absolute Gasteiger partial charge is 0.281 e. The second kappa shape index (κ2) is 7.15. The van der Waals surface area contributed by atoms with Crippen molar-refractivity contribution in [2.45, 2.75) is 36.4 Å². The van der Waals surface area contributed by atoms with Gasteiger partial charge in [-0.1, -0.05) is 0 Å². The minimum Gasteiger partial charge on any atom is -0.281 e.